The lowest BCUT2D eigenvalue weighted by Crippen LogP contribution is -2.28. The molecule has 3 rings (SSSR count). The minimum atomic E-state index is -0.899. The number of carbonyl (C=O) groups is 3. The molecular weight excluding hydrogens is 434 g/mol. The third-order valence-corrected chi connectivity index (χ3v) is 5.45. The lowest BCUT2D eigenvalue weighted by molar-refractivity contribution is -0.129. The molecule has 3 amide bonds. The van der Waals surface area contributed by atoms with Crippen molar-refractivity contribution in [2.24, 2.45) is 5.73 Å². The van der Waals surface area contributed by atoms with Gasteiger partial charge in [0.2, 0.25) is 11.8 Å². The average Bonchev–Trinajstić information content (AvgIpc) is 2.87. The van der Waals surface area contributed by atoms with Crippen LogP contribution in [0.4, 0.5) is 5.69 Å². The number of hydrogen-bond donors (Lipinski definition) is 5. The zero-order chi connectivity index (χ0) is 24.3. The van der Waals surface area contributed by atoms with Crippen LogP contribution in [0.3, 0.4) is 0 Å². The van der Waals surface area contributed by atoms with Crippen molar-refractivity contribution >= 4 is 34.3 Å². The van der Waals surface area contributed by atoms with Gasteiger partial charge in [0, 0.05) is 30.1 Å². The van der Waals surface area contributed by atoms with E-state index in [9.17, 15) is 14.4 Å². The van der Waals surface area contributed by atoms with Gasteiger partial charge < -0.3 is 16.4 Å². The first kappa shape index (κ1) is 24.8. The standard InChI is InChI=1S/C25H29N5O4/c26-22(25(33)29-20-9-5-7-18-8-6-16-27-23(18)20)17-11-13-19(14-12-17)24(32)28-15-4-2-1-3-10-21(31)30-34/h5-9,11-14,16,22,34H,1-4,10,15,26H2,(H,28,32)(H,29,33)(H,30,31). The summed E-state index contributed by atoms with van der Waals surface area (Å²) in [6, 6.07) is 15.0. The number of carbonyl (C=O) groups excluding carboxylic acids is 3. The third kappa shape index (κ3) is 6.84. The number of aromatic nitrogens is 1. The molecule has 34 heavy (non-hydrogen) atoms. The van der Waals surface area contributed by atoms with Crippen LogP contribution in [0, 0.1) is 0 Å². The van der Waals surface area contributed by atoms with E-state index in [1.165, 1.54) is 0 Å². The van der Waals surface area contributed by atoms with E-state index in [0.717, 1.165) is 24.6 Å². The van der Waals surface area contributed by atoms with Crippen LogP contribution in [0.15, 0.2) is 60.8 Å². The monoisotopic (exact) mass is 463 g/mol. The summed E-state index contributed by atoms with van der Waals surface area (Å²) in [7, 11) is 0. The summed E-state index contributed by atoms with van der Waals surface area (Å²) in [6.45, 7) is 0.522. The van der Waals surface area contributed by atoms with Crippen molar-refractivity contribution < 1.29 is 19.6 Å². The second-order valence-electron chi connectivity index (χ2n) is 7.92. The second-order valence-corrected chi connectivity index (χ2v) is 7.92. The number of nitrogens with two attached hydrogens (primary N) is 1. The van der Waals surface area contributed by atoms with Crippen molar-refractivity contribution in [3.63, 3.8) is 0 Å². The van der Waals surface area contributed by atoms with Crippen LogP contribution in [0.5, 0.6) is 0 Å². The molecule has 0 fully saturated rings. The van der Waals surface area contributed by atoms with Crippen molar-refractivity contribution in [2.75, 3.05) is 11.9 Å². The Hall–Kier alpha value is -3.82. The van der Waals surface area contributed by atoms with E-state index in [4.69, 9.17) is 10.9 Å². The van der Waals surface area contributed by atoms with Crippen LogP contribution >= 0.6 is 0 Å². The smallest absolute Gasteiger partial charge is 0.251 e. The molecule has 0 aliphatic heterocycles. The summed E-state index contributed by atoms with van der Waals surface area (Å²) in [5.74, 6) is -0.961. The number of unbranched alkanes of at least 4 members (excludes halogenated alkanes) is 3. The minimum Gasteiger partial charge on any atom is -0.352 e. The Morgan fingerprint density at radius 2 is 1.68 bits per heavy atom. The molecule has 9 nitrogen and oxygen atoms in total. The topological polar surface area (TPSA) is 146 Å². The molecule has 1 heterocycles. The molecule has 2 aromatic carbocycles. The zero-order valence-electron chi connectivity index (χ0n) is 18.8. The van der Waals surface area contributed by atoms with E-state index in [0.29, 0.717) is 35.3 Å². The number of pyridine rings is 1. The fourth-order valence-corrected chi connectivity index (χ4v) is 3.53. The number of rotatable bonds is 11. The van der Waals surface area contributed by atoms with Gasteiger partial charge in [-0.05, 0) is 42.7 Å². The summed E-state index contributed by atoms with van der Waals surface area (Å²) < 4.78 is 0. The van der Waals surface area contributed by atoms with Crippen LogP contribution in [0.1, 0.15) is 54.1 Å². The van der Waals surface area contributed by atoms with Gasteiger partial charge >= 0.3 is 0 Å². The van der Waals surface area contributed by atoms with Gasteiger partial charge in [-0.1, -0.05) is 43.2 Å². The number of nitrogens with one attached hydrogen (secondary N) is 3. The average molecular weight is 464 g/mol. The quantitative estimate of drug-likeness (QED) is 0.168. The highest BCUT2D eigenvalue weighted by Crippen LogP contribution is 2.22. The molecule has 0 spiro atoms. The first-order valence-electron chi connectivity index (χ1n) is 11.2. The fraction of sp³-hybridized carbons (Fsp3) is 0.280. The molecule has 1 aromatic heterocycles. The molecule has 9 heteroatoms. The van der Waals surface area contributed by atoms with Gasteiger partial charge in [-0.25, -0.2) is 5.48 Å². The lowest BCUT2D eigenvalue weighted by atomic mass is 10.0. The fourth-order valence-electron chi connectivity index (χ4n) is 3.53. The van der Waals surface area contributed by atoms with Gasteiger partial charge in [-0.2, -0.15) is 0 Å². The molecule has 0 bridgehead atoms. The Balaban J connectivity index is 1.47. The van der Waals surface area contributed by atoms with Gasteiger partial charge in [-0.15, -0.1) is 0 Å². The number of benzene rings is 2. The minimum absolute atomic E-state index is 0.203. The van der Waals surface area contributed by atoms with Crippen molar-refractivity contribution in [3.05, 3.63) is 71.9 Å². The van der Waals surface area contributed by atoms with Gasteiger partial charge in [0.05, 0.1) is 11.2 Å². The zero-order valence-corrected chi connectivity index (χ0v) is 18.8. The number of hydrogen-bond acceptors (Lipinski definition) is 6. The SMILES string of the molecule is NC(C(=O)Nc1cccc2cccnc12)c1ccc(C(=O)NCCCCCCC(=O)NO)cc1. The predicted molar refractivity (Wildman–Crippen MR) is 129 cm³/mol. The summed E-state index contributed by atoms with van der Waals surface area (Å²) in [6.07, 6.45) is 5.14. The Morgan fingerprint density at radius 3 is 2.44 bits per heavy atom. The molecule has 1 atom stereocenters. The maximum Gasteiger partial charge on any atom is 0.251 e. The van der Waals surface area contributed by atoms with E-state index in [2.05, 4.69) is 15.6 Å². The molecule has 0 aliphatic rings. The van der Waals surface area contributed by atoms with Crippen molar-refractivity contribution in [3.8, 4) is 0 Å². The molecule has 0 aliphatic carbocycles. The maximum absolute atomic E-state index is 12.7. The molecule has 178 valence electrons. The number of fused-ring (bicyclic) bond motifs is 1. The second kappa shape index (κ2) is 12.4. The van der Waals surface area contributed by atoms with Gasteiger partial charge in [0.25, 0.3) is 5.91 Å². The van der Waals surface area contributed by atoms with Crippen LogP contribution in [-0.2, 0) is 9.59 Å². The van der Waals surface area contributed by atoms with E-state index in [1.54, 1.807) is 42.0 Å². The number of nitrogens with zero attached hydrogens (tertiary/aromatic N) is 1. The molecule has 3 aromatic rings. The van der Waals surface area contributed by atoms with Crippen molar-refractivity contribution in [1.82, 2.24) is 15.8 Å². The summed E-state index contributed by atoms with van der Waals surface area (Å²) in [4.78, 5) is 40.3. The molecule has 0 saturated heterocycles. The van der Waals surface area contributed by atoms with Gasteiger partial charge in [-0.3, -0.25) is 24.6 Å². The summed E-state index contributed by atoms with van der Waals surface area (Å²) in [5.41, 5.74) is 10.1. The molecule has 1 unspecified atom stereocenters. The number of para-hydroxylation sites is 1. The van der Waals surface area contributed by atoms with Crippen LogP contribution in [0.25, 0.3) is 10.9 Å². The third-order valence-electron chi connectivity index (χ3n) is 5.45. The summed E-state index contributed by atoms with van der Waals surface area (Å²) >= 11 is 0. The predicted octanol–water partition coefficient (Wildman–Crippen LogP) is 3.06. The first-order valence-corrected chi connectivity index (χ1v) is 11.2. The molecule has 0 radical (unpaired) electrons. The highest BCUT2D eigenvalue weighted by Gasteiger charge is 2.18. The maximum atomic E-state index is 12.7. The Bertz CT molecular complexity index is 1130. The van der Waals surface area contributed by atoms with E-state index in [-0.39, 0.29) is 24.1 Å². The lowest BCUT2D eigenvalue weighted by Gasteiger charge is -2.14. The number of hydroxylamine groups is 1. The highest BCUT2D eigenvalue weighted by atomic mass is 16.5. The van der Waals surface area contributed by atoms with E-state index >= 15 is 0 Å². The van der Waals surface area contributed by atoms with Crippen LogP contribution in [0.2, 0.25) is 0 Å². The molecular formula is C25H29N5O4. The Morgan fingerprint density at radius 1 is 0.941 bits per heavy atom. The molecule has 6 N–H and O–H groups in total. The largest absolute Gasteiger partial charge is 0.352 e. The van der Waals surface area contributed by atoms with Gasteiger partial charge in [0.1, 0.15) is 6.04 Å². The molecule has 0 saturated carbocycles. The van der Waals surface area contributed by atoms with Crippen molar-refractivity contribution in [2.45, 2.75) is 38.1 Å². The van der Waals surface area contributed by atoms with Crippen LogP contribution < -0.4 is 21.8 Å². The summed E-state index contributed by atoms with van der Waals surface area (Å²) in [5, 5.41) is 15.0. The van der Waals surface area contributed by atoms with E-state index < -0.39 is 6.04 Å². The number of amides is 3. The highest BCUT2D eigenvalue weighted by molar-refractivity contribution is 6.02. The first-order chi connectivity index (χ1) is 16.5. The van der Waals surface area contributed by atoms with Crippen molar-refractivity contribution in [1.29, 1.82) is 0 Å². The van der Waals surface area contributed by atoms with Gasteiger partial charge in [0.15, 0.2) is 0 Å². The Labute approximate surface area is 197 Å². The normalized spacial score (nSPS) is 11.6. The van der Waals surface area contributed by atoms with Crippen LogP contribution in [-0.4, -0.2) is 34.5 Å². The number of anilines is 1. The van der Waals surface area contributed by atoms with E-state index in [1.807, 2.05) is 24.3 Å². The Kier molecular flexibility index (Phi) is 9.07.